The van der Waals surface area contributed by atoms with Gasteiger partial charge >= 0.3 is 5.97 Å². The van der Waals surface area contributed by atoms with Crippen LogP contribution >= 0.6 is 0 Å². The van der Waals surface area contributed by atoms with Crippen molar-refractivity contribution in [3.63, 3.8) is 0 Å². The number of amides is 1. The van der Waals surface area contributed by atoms with E-state index in [1.165, 1.54) is 7.11 Å². The van der Waals surface area contributed by atoms with Crippen LogP contribution in [0.1, 0.15) is 71.1 Å². The van der Waals surface area contributed by atoms with E-state index in [1.807, 2.05) is 29.2 Å². The summed E-state index contributed by atoms with van der Waals surface area (Å²) in [5.41, 5.74) is 0. The number of nitrogens with zero attached hydrogens (tertiary/aromatic N) is 1. The van der Waals surface area contributed by atoms with Crippen molar-refractivity contribution in [3.8, 4) is 0 Å². The summed E-state index contributed by atoms with van der Waals surface area (Å²) in [6, 6.07) is 0.0665. The highest BCUT2D eigenvalue weighted by molar-refractivity contribution is 5.77. The Balaban J connectivity index is 2.43. The summed E-state index contributed by atoms with van der Waals surface area (Å²) in [6.07, 6.45) is 16.0. The molecule has 1 amide bonds. The molecule has 1 saturated heterocycles. The molecule has 1 aliphatic rings. The number of likely N-dealkylation sites (tertiary alicyclic amines) is 1. The Hall–Kier alpha value is -1.62. The van der Waals surface area contributed by atoms with Gasteiger partial charge in [0.15, 0.2) is 0 Å². The Morgan fingerprint density at radius 3 is 2.88 bits per heavy atom. The largest absolute Gasteiger partial charge is 0.469 e. The monoisotopic (exact) mass is 365 g/mol. The summed E-state index contributed by atoms with van der Waals surface area (Å²) >= 11 is 0. The van der Waals surface area contributed by atoms with Gasteiger partial charge in [0.1, 0.15) is 0 Å². The first-order chi connectivity index (χ1) is 12.6. The van der Waals surface area contributed by atoms with Gasteiger partial charge in [0.2, 0.25) is 5.91 Å². The van der Waals surface area contributed by atoms with Crippen LogP contribution in [0.2, 0.25) is 0 Å². The molecule has 1 heterocycles. The highest BCUT2D eigenvalue weighted by Gasteiger charge is 2.25. The quantitative estimate of drug-likeness (QED) is 0.325. The highest BCUT2D eigenvalue weighted by atomic mass is 16.5. The first-order valence-corrected chi connectivity index (χ1v) is 9.96. The van der Waals surface area contributed by atoms with E-state index in [-0.39, 0.29) is 17.9 Å². The van der Waals surface area contributed by atoms with Crippen LogP contribution < -0.4 is 0 Å². The highest BCUT2D eigenvalue weighted by Crippen LogP contribution is 2.20. The third-order valence-electron chi connectivity index (χ3n) is 4.72. The molecule has 0 aromatic heterocycles. The zero-order chi connectivity index (χ0) is 19.2. The van der Waals surface area contributed by atoms with Gasteiger partial charge < -0.3 is 14.7 Å². The van der Waals surface area contributed by atoms with Gasteiger partial charge in [-0.25, -0.2) is 0 Å². The lowest BCUT2D eigenvalue weighted by molar-refractivity contribution is -0.140. The third-order valence-corrected chi connectivity index (χ3v) is 4.72. The normalized spacial score (nSPS) is 19.4. The van der Waals surface area contributed by atoms with Gasteiger partial charge in [0.25, 0.3) is 0 Å². The van der Waals surface area contributed by atoms with Gasteiger partial charge in [0.05, 0.1) is 19.3 Å². The molecule has 1 fully saturated rings. The summed E-state index contributed by atoms with van der Waals surface area (Å²) in [5, 5.41) is 10.1. The van der Waals surface area contributed by atoms with E-state index in [0.717, 1.165) is 51.4 Å². The van der Waals surface area contributed by atoms with E-state index in [0.29, 0.717) is 19.4 Å². The zero-order valence-corrected chi connectivity index (χ0v) is 16.4. The fraction of sp³-hybridized carbons (Fsp3) is 0.714. The van der Waals surface area contributed by atoms with Crippen molar-refractivity contribution < 1.29 is 19.4 Å². The Kier molecular flexibility index (Phi) is 11.7. The molecule has 0 aromatic carbocycles. The topological polar surface area (TPSA) is 66.8 Å². The Morgan fingerprint density at radius 2 is 2.15 bits per heavy atom. The summed E-state index contributed by atoms with van der Waals surface area (Å²) < 4.78 is 4.61. The van der Waals surface area contributed by atoms with Crippen LogP contribution in [0.15, 0.2) is 24.3 Å². The smallest absolute Gasteiger partial charge is 0.305 e. The van der Waals surface area contributed by atoms with Crippen LogP contribution in [0.25, 0.3) is 0 Å². The van der Waals surface area contributed by atoms with Gasteiger partial charge in [-0.3, -0.25) is 9.59 Å². The minimum absolute atomic E-state index is 0.0665. The molecule has 148 valence electrons. The van der Waals surface area contributed by atoms with E-state index in [9.17, 15) is 14.7 Å². The molecule has 1 unspecified atom stereocenters. The van der Waals surface area contributed by atoms with Crippen molar-refractivity contribution in [3.05, 3.63) is 24.3 Å². The maximum absolute atomic E-state index is 12.2. The van der Waals surface area contributed by atoms with Crippen molar-refractivity contribution in [2.24, 2.45) is 0 Å². The molecule has 26 heavy (non-hydrogen) atoms. The summed E-state index contributed by atoms with van der Waals surface area (Å²) in [7, 11) is 1.40. The molecule has 0 aliphatic carbocycles. The second-order valence-electron chi connectivity index (χ2n) is 6.89. The molecular weight excluding hydrogens is 330 g/mol. The standard InChI is InChI=1S/C21H35NO4/c1-3-4-7-12-19(23)16-15-18-11-10-13-20(24)22(18)17-9-6-5-8-14-21(25)26-2/h6,9,15-16,18-19,23H,3-5,7-8,10-14,17H2,1-2H3/t18-,19?/m1/s1. The average Bonchev–Trinajstić information content (AvgIpc) is 2.64. The van der Waals surface area contributed by atoms with Crippen LogP contribution in [0.4, 0.5) is 0 Å². The third kappa shape index (κ3) is 9.18. The van der Waals surface area contributed by atoms with Gasteiger partial charge in [-0.2, -0.15) is 0 Å². The second-order valence-corrected chi connectivity index (χ2v) is 6.89. The number of carbonyl (C=O) groups is 2. The molecule has 5 heteroatoms. The van der Waals surface area contributed by atoms with Crippen molar-refractivity contribution >= 4 is 11.9 Å². The van der Waals surface area contributed by atoms with E-state index >= 15 is 0 Å². The number of hydrogen-bond donors (Lipinski definition) is 1. The number of methoxy groups -OCH3 is 1. The van der Waals surface area contributed by atoms with Crippen molar-refractivity contribution in [2.75, 3.05) is 13.7 Å². The number of hydrogen-bond acceptors (Lipinski definition) is 4. The van der Waals surface area contributed by atoms with Crippen LogP contribution in [-0.4, -0.2) is 47.7 Å². The van der Waals surface area contributed by atoms with Crippen LogP contribution in [0.3, 0.4) is 0 Å². The van der Waals surface area contributed by atoms with Gasteiger partial charge in [-0.05, 0) is 32.1 Å². The number of aliphatic hydroxyl groups is 1. The average molecular weight is 366 g/mol. The molecule has 1 rings (SSSR count). The van der Waals surface area contributed by atoms with Crippen molar-refractivity contribution in [2.45, 2.75) is 83.3 Å². The molecular formula is C21H35NO4. The van der Waals surface area contributed by atoms with E-state index in [2.05, 4.69) is 11.7 Å². The number of unbranched alkanes of at least 4 members (excludes halogenated alkanes) is 3. The Morgan fingerprint density at radius 1 is 1.35 bits per heavy atom. The zero-order valence-electron chi connectivity index (χ0n) is 16.4. The first kappa shape index (κ1) is 22.4. The van der Waals surface area contributed by atoms with Crippen LogP contribution in [-0.2, 0) is 14.3 Å². The molecule has 1 aliphatic heterocycles. The fourth-order valence-corrected chi connectivity index (χ4v) is 3.11. The van der Waals surface area contributed by atoms with Crippen molar-refractivity contribution in [1.82, 2.24) is 4.90 Å². The van der Waals surface area contributed by atoms with Crippen LogP contribution in [0, 0.1) is 0 Å². The van der Waals surface area contributed by atoms with E-state index in [4.69, 9.17) is 0 Å². The molecule has 0 saturated carbocycles. The number of carbonyl (C=O) groups excluding carboxylic acids is 2. The number of rotatable bonds is 12. The minimum atomic E-state index is -0.422. The number of allylic oxidation sites excluding steroid dienone is 1. The summed E-state index contributed by atoms with van der Waals surface area (Å²) in [6.45, 7) is 2.73. The molecule has 2 atom stereocenters. The number of esters is 1. The fourth-order valence-electron chi connectivity index (χ4n) is 3.11. The van der Waals surface area contributed by atoms with Gasteiger partial charge in [-0.15, -0.1) is 0 Å². The molecule has 0 bridgehead atoms. The Labute approximate surface area is 158 Å². The van der Waals surface area contributed by atoms with E-state index < -0.39 is 6.10 Å². The molecule has 0 spiro atoms. The maximum Gasteiger partial charge on any atom is 0.305 e. The number of aliphatic hydroxyl groups excluding tert-OH is 1. The van der Waals surface area contributed by atoms with E-state index in [1.54, 1.807) is 0 Å². The predicted molar refractivity (Wildman–Crippen MR) is 104 cm³/mol. The van der Waals surface area contributed by atoms with Gasteiger partial charge in [-0.1, -0.05) is 50.5 Å². The van der Waals surface area contributed by atoms with Crippen LogP contribution in [0.5, 0.6) is 0 Å². The maximum atomic E-state index is 12.2. The first-order valence-electron chi connectivity index (χ1n) is 9.96. The molecule has 5 nitrogen and oxygen atoms in total. The van der Waals surface area contributed by atoms with Gasteiger partial charge in [0, 0.05) is 19.4 Å². The lowest BCUT2D eigenvalue weighted by Crippen LogP contribution is -2.42. The molecule has 1 N–H and O–H groups in total. The number of ether oxygens (including phenoxy) is 1. The summed E-state index contributed by atoms with van der Waals surface area (Å²) in [5.74, 6) is -0.0158. The number of piperidine rings is 1. The van der Waals surface area contributed by atoms with Crippen molar-refractivity contribution in [1.29, 1.82) is 0 Å². The summed E-state index contributed by atoms with van der Waals surface area (Å²) in [4.78, 5) is 25.2. The predicted octanol–water partition coefficient (Wildman–Crippen LogP) is 3.76. The lowest BCUT2D eigenvalue weighted by Gasteiger charge is -2.33. The molecule has 0 aromatic rings. The second kappa shape index (κ2) is 13.6. The minimum Gasteiger partial charge on any atom is -0.469 e. The SMILES string of the molecule is CCCCCC(O)C=C[C@H]1CCCC(=O)N1CC=CCCCC(=O)OC. The Bertz CT molecular complexity index is 473. The lowest BCUT2D eigenvalue weighted by atomic mass is 10.00. The molecule has 0 radical (unpaired) electrons.